The quantitative estimate of drug-likeness (QED) is 0.934. The highest BCUT2D eigenvalue weighted by Crippen LogP contribution is 2.39. The normalized spacial score (nSPS) is 13.9. The molecule has 1 aliphatic rings. The van der Waals surface area contributed by atoms with E-state index in [4.69, 9.17) is 9.47 Å². The third-order valence-electron chi connectivity index (χ3n) is 3.36. The van der Waals surface area contributed by atoms with Gasteiger partial charge >= 0.3 is 6.01 Å². The average Bonchev–Trinajstić information content (AvgIpc) is 2.73. The van der Waals surface area contributed by atoms with Crippen molar-refractivity contribution in [1.82, 2.24) is 9.97 Å². The van der Waals surface area contributed by atoms with Crippen LogP contribution in [0.1, 0.15) is 6.42 Å². The van der Waals surface area contributed by atoms with Crippen molar-refractivity contribution in [3.63, 3.8) is 0 Å². The van der Waals surface area contributed by atoms with Crippen LogP contribution in [0.4, 0.5) is 17.2 Å². The summed E-state index contributed by atoms with van der Waals surface area (Å²) in [6.07, 6.45) is 0.344. The minimum absolute atomic E-state index is 0.105. The lowest BCUT2D eigenvalue weighted by molar-refractivity contribution is -0.115. The highest BCUT2D eigenvalue weighted by molar-refractivity contribution is 5.98. The Morgan fingerprint density at radius 3 is 2.59 bits per heavy atom. The van der Waals surface area contributed by atoms with Gasteiger partial charge in [0.15, 0.2) is 5.82 Å². The minimum Gasteiger partial charge on any atom is -0.479 e. The predicted octanol–water partition coefficient (Wildman–Crippen LogP) is 1.97. The van der Waals surface area contributed by atoms with Crippen LogP contribution >= 0.6 is 0 Å². The number of carbonyl (C=O) groups is 1. The number of carbonyl (C=O) groups excluding carboxylic acids is 1. The number of benzene rings is 1. The Balaban J connectivity index is 2.18. The number of para-hydroxylation sites is 1. The second kappa shape index (κ2) is 5.88. The maximum absolute atomic E-state index is 12.0. The molecule has 1 aliphatic heterocycles. The van der Waals surface area contributed by atoms with E-state index >= 15 is 0 Å². The second-order valence-corrected chi connectivity index (χ2v) is 4.70. The van der Waals surface area contributed by atoms with Gasteiger partial charge in [-0.05, 0) is 12.1 Å². The van der Waals surface area contributed by atoms with Gasteiger partial charge in [0.05, 0.1) is 14.2 Å². The van der Waals surface area contributed by atoms with E-state index in [0.29, 0.717) is 24.5 Å². The molecule has 0 unspecified atom stereocenters. The molecule has 0 atom stereocenters. The molecular formula is C15H16N4O3. The Hall–Kier alpha value is -2.83. The SMILES string of the molecule is COc1nc(OC)c2c(n1)N(c1ccccc1)CCC(=O)N2. The molecule has 1 aromatic carbocycles. The predicted molar refractivity (Wildman–Crippen MR) is 81.8 cm³/mol. The van der Waals surface area contributed by atoms with Crippen LogP contribution < -0.4 is 19.7 Å². The van der Waals surface area contributed by atoms with Crippen LogP contribution in [0.2, 0.25) is 0 Å². The molecule has 0 saturated carbocycles. The van der Waals surface area contributed by atoms with Gasteiger partial charge < -0.3 is 19.7 Å². The van der Waals surface area contributed by atoms with Gasteiger partial charge in [0.2, 0.25) is 11.8 Å². The summed E-state index contributed by atoms with van der Waals surface area (Å²) < 4.78 is 10.4. The van der Waals surface area contributed by atoms with E-state index in [0.717, 1.165) is 5.69 Å². The molecular weight excluding hydrogens is 284 g/mol. The Morgan fingerprint density at radius 2 is 1.91 bits per heavy atom. The maximum atomic E-state index is 12.0. The van der Waals surface area contributed by atoms with Crippen LogP contribution in [0.25, 0.3) is 0 Å². The van der Waals surface area contributed by atoms with Crippen molar-refractivity contribution in [2.75, 3.05) is 31.0 Å². The first kappa shape index (κ1) is 14.1. The van der Waals surface area contributed by atoms with E-state index in [1.165, 1.54) is 14.2 Å². The Bertz CT molecular complexity index is 691. The summed E-state index contributed by atoms with van der Waals surface area (Å²) in [4.78, 5) is 22.4. The molecule has 0 saturated heterocycles. The number of fused-ring (bicyclic) bond motifs is 1. The topological polar surface area (TPSA) is 76.6 Å². The summed E-state index contributed by atoms with van der Waals surface area (Å²) in [6.45, 7) is 0.506. The number of nitrogens with zero attached hydrogens (tertiary/aromatic N) is 3. The molecule has 3 rings (SSSR count). The third-order valence-corrected chi connectivity index (χ3v) is 3.36. The summed E-state index contributed by atoms with van der Waals surface area (Å²) in [6, 6.07) is 9.91. The van der Waals surface area contributed by atoms with E-state index in [1.807, 2.05) is 35.2 Å². The molecule has 0 bridgehead atoms. The van der Waals surface area contributed by atoms with Crippen molar-refractivity contribution < 1.29 is 14.3 Å². The van der Waals surface area contributed by atoms with Gasteiger partial charge in [0.1, 0.15) is 5.69 Å². The molecule has 0 aliphatic carbocycles. The number of ether oxygens (including phenoxy) is 2. The Morgan fingerprint density at radius 1 is 1.14 bits per heavy atom. The van der Waals surface area contributed by atoms with Crippen molar-refractivity contribution in [3.05, 3.63) is 30.3 Å². The fourth-order valence-corrected chi connectivity index (χ4v) is 2.33. The van der Waals surface area contributed by atoms with E-state index in [2.05, 4.69) is 15.3 Å². The zero-order valence-electron chi connectivity index (χ0n) is 12.4. The lowest BCUT2D eigenvalue weighted by atomic mass is 10.2. The van der Waals surface area contributed by atoms with Crippen molar-refractivity contribution in [3.8, 4) is 11.9 Å². The van der Waals surface area contributed by atoms with Crippen LogP contribution in [0.3, 0.4) is 0 Å². The molecule has 7 nitrogen and oxygen atoms in total. The van der Waals surface area contributed by atoms with Crippen LogP contribution in [0.15, 0.2) is 30.3 Å². The van der Waals surface area contributed by atoms with Gasteiger partial charge in [0.25, 0.3) is 0 Å². The van der Waals surface area contributed by atoms with Crippen molar-refractivity contribution >= 4 is 23.1 Å². The standard InChI is InChI=1S/C15H16N4O3/c1-21-14-12-13(17-15(18-14)22-2)19(9-8-11(20)16-12)10-6-4-3-5-7-10/h3-7H,8-9H2,1-2H3,(H,16,20). The molecule has 1 aromatic heterocycles. The first-order valence-electron chi connectivity index (χ1n) is 6.85. The van der Waals surface area contributed by atoms with Crippen LogP contribution in [-0.4, -0.2) is 36.6 Å². The number of nitrogens with one attached hydrogen (secondary N) is 1. The zero-order chi connectivity index (χ0) is 15.5. The summed E-state index contributed by atoms with van der Waals surface area (Å²) >= 11 is 0. The minimum atomic E-state index is -0.105. The smallest absolute Gasteiger partial charge is 0.321 e. The van der Waals surface area contributed by atoms with E-state index in [9.17, 15) is 4.79 Å². The molecule has 22 heavy (non-hydrogen) atoms. The first-order valence-corrected chi connectivity index (χ1v) is 6.85. The number of aromatic nitrogens is 2. The Kier molecular flexibility index (Phi) is 3.78. The van der Waals surface area contributed by atoms with E-state index in [-0.39, 0.29) is 17.8 Å². The van der Waals surface area contributed by atoms with Gasteiger partial charge in [-0.3, -0.25) is 4.79 Å². The van der Waals surface area contributed by atoms with Gasteiger partial charge in [0, 0.05) is 18.7 Å². The van der Waals surface area contributed by atoms with Gasteiger partial charge in [-0.25, -0.2) is 0 Å². The van der Waals surface area contributed by atoms with Crippen LogP contribution in [0.5, 0.6) is 11.9 Å². The van der Waals surface area contributed by atoms with Crippen molar-refractivity contribution in [1.29, 1.82) is 0 Å². The molecule has 1 amide bonds. The molecule has 7 heteroatoms. The number of methoxy groups -OCH3 is 2. The van der Waals surface area contributed by atoms with Gasteiger partial charge in [-0.2, -0.15) is 9.97 Å². The molecule has 1 N–H and O–H groups in total. The molecule has 2 heterocycles. The highest BCUT2D eigenvalue weighted by atomic mass is 16.5. The Labute approximate surface area is 127 Å². The fourth-order valence-electron chi connectivity index (χ4n) is 2.33. The lowest BCUT2D eigenvalue weighted by Crippen LogP contribution is -2.20. The summed E-state index contributed by atoms with van der Waals surface area (Å²) in [5, 5.41) is 2.81. The molecule has 0 radical (unpaired) electrons. The number of hydrogen-bond donors (Lipinski definition) is 1. The van der Waals surface area contributed by atoms with E-state index in [1.54, 1.807) is 0 Å². The van der Waals surface area contributed by atoms with Gasteiger partial charge in [-0.1, -0.05) is 18.2 Å². The number of hydrogen-bond acceptors (Lipinski definition) is 6. The van der Waals surface area contributed by atoms with Crippen LogP contribution in [-0.2, 0) is 4.79 Å². The summed E-state index contributed by atoms with van der Waals surface area (Å²) in [7, 11) is 2.98. The maximum Gasteiger partial charge on any atom is 0.321 e. The zero-order valence-corrected chi connectivity index (χ0v) is 12.4. The van der Waals surface area contributed by atoms with Crippen LogP contribution in [0, 0.1) is 0 Å². The summed E-state index contributed by atoms with van der Waals surface area (Å²) in [5.41, 5.74) is 1.39. The number of rotatable bonds is 3. The third kappa shape index (κ3) is 2.52. The monoisotopic (exact) mass is 300 g/mol. The van der Waals surface area contributed by atoms with Gasteiger partial charge in [-0.15, -0.1) is 0 Å². The van der Waals surface area contributed by atoms with E-state index < -0.39 is 0 Å². The number of anilines is 3. The lowest BCUT2D eigenvalue weighted by Gasteiger charge is -2.23. The molecule has 0 spiro atoms. The highest BCUT2D eigenvalue weighted by Gasteiger charge is 2.27. The largest absolute Gasteiger partial charge is 0.479 e. The fraction of sp³-hybridized carbons (Fsp3) is 0.267. The molecule has 0 fully saturated rings. The first-order chi connectivity index (χ1) is 10.7. The number of amides is 1. The summed E-state index contributed by atoms with van der Waals surface area (Å²) in [5.74, 6) is 0.727. The molecule has 114 valence electrons. The van der Waals surface area contributed by atoms with Crippen molar-refractivity contribution in [2.24, 2.45) is 0 Å². The van der Waals surface area contributed by atoms with Crippen molar-refractivity contribution in [2.45, 2.75) is 6.42 Å². The average molecular weight is 300 g/mol. The molecule has 2 aromatic rings. The second-order valence-electron chi connectivity index (χ2n) is 4.70.